The van der Waals surface area contributed by atoms with Gasteiger partial charge in [-0.05, 0) is 12.1 Å². The summed E-state index contributed by atoms with van der Waals surface area (Å²) >= 11 is 0. The van der Waals surface area contributed by atoms with Crippen LogP contribution in [0, 0.1) is 0 Å². The van der Waals surface area contributed by atoms with Gasteiger partial charge in [-0.1, -0.05) is 17.3 Å². The predicted molar refractivity (Wildman–Crippen MR) is 90.2 cm³/mol. The van der Waals surface area contributed by atoms with Crippen LogP contribution in [0.2, 0.25) is 0 Å². The molecule has 3 rings (SSSR count). The molecule has 0 radical (unpaired) electrons. The van der Waals surface area contributed by atoms with E-state index in [1.54, 1.807) is 31.4 Å². The Balaban J connectivity index is 1.67. The summed E-state index contributed by atoms with van der Waals surface area (Å²) in [6, 6.07) is 6.77. The number of hydrogen-bond acceptors (Lipinski definition) is 8. The molecule has 0 spiro atoms. The molecule has 0 saturated heterocycles. The van der Waals surface area contributed by atoms with Gasteiger partial charge in [-0.15, -0.1) is 0 Å². The zero-order valence-corrected chi connectivity index (χ0v) is 13.6. The summed E-state index contributed by atoms with van der Waals surface area (Å²) in [5, 5.41) is 14.5. The summed E-state index contributed by atoms with van der Waals surface area (Å²) in [5.74, 6) is 0.891. The van der Waals surface area contributed by atoms with Crippen LogP contribution < -0.4 is 5.63 Å². The molecular formula is C17H17N3O5. The van der Waals surface area contributed by atoms with Gasteiger partial charge in [0.1, 0.15) is 16.9 Å². The second-order valence-corrected chi connectivity index (χ2v) is 5.28. The van der Waals surface area contributed by atoms with E-state index in [4.69, 9.17) is 13.7 Å². The molecule has 0 unspecified atom stereocenters. The Hall–Kier alpha value is -3.00. The van der Waals surface area contributed by atoms with Crippen LogP contribution in [0.5, 0.6) is 5.75 Å². The van der Waals surface area contributed by atoms with Gasteiger partial charge in [0.15, 0.2) is 5.82 Å². The molecule has 130 valence electrons. The van der Waals surface area contributed by atoms with E-state index in [0.29, 0.717) is 48.7 Å². The molecule has 0 aliphatic heterocycles. The van der Waals surface area contributed by atoms with Crippen molar-refractivity contribution in [3.8, 4) is 5.75 Å². The second kappa shape index (κ2) is 7.71. The summed E-state index contributed by atoms with van der Waals surface area (Å²) in [4.78, 5) is 20.3. The lowest BCUT2D eigenvalue weighted by molar-refractivity contribution is 0.199. The van der Waals surface area contributed by atoms with Crippen molar-refractivity contribution >= 4 is 17.2 Å². The number of para-hydroxylation sites is 1. The molecular weight excluding hydrogens is 326 g/mol. The van der Waals surface area contributed by atoms with Crippen LogP contribution >= 0.6 is 0 Å². The molecule has 0 atom stereocenters. The Morgan fingerprint density at radius 2 is 2.16 bits per heavy atom. The van der Waals surface area contributed by atoms with Gasteiger partial charge in [0.2, 0.25) is 5.89 Å². The van der Waals surface area contributed by atoms with Crippen LogP contribution in [0.1, 0.15) is 17.3 Å². The van der Waals surface area contributed by atoms with E-state index < -0.39 is 5.63 Å². The summed E-state index contributed by atoms with van der Waals surface area (Å²) < 4.78 is 15.2. The number of fused-ring (bicyclic) bond motifs is 1. The van der Waals surface area contributed by atoms with Crippen LogP contribution in [-0.2, 0) is 17.6 Å². The zero-order valence-electron chi connectivity index (χ0n) is 13.6. The highest BCUT2D eigenvalue weighted by molar-refractivity contribution is 5.93. The molecule has 0 saturated carbocycles. The number of aliphatic imine (C=N–C) groups is 1. The average molecular weight is 343 g/mol. The third-order valence-electron chi connectivity index (χ3n) is 3.53. The Bertz CT molecular complexity index is 945. The summed E-state index contributed by atoms with van der Waals surface area (Å²) in [7, 11) is 1.61. The molecule has 0 aliphatic rings. The number of methoxy groups -OCH3 is 1. The molecule has 0 aliphatic carbocycles. The van der Waals surface area contributed by atoms with Gasteiger partial charge in [0.05, 0.1) is 12.0 Å². The Kier molecular flexibility index (Phi) is 5.20. The first-order valence-corrected chi connectivity index (χ1v) is 7.74. The number of aromatic nitrogens is 2. The van der Waals surface area contributed by atoms with Crippen molar-refractivity contribution in [3.05, 3.63) is 52.0 Å². The van der Waals surface area contributed by atoms with Gasteiger partial charge in [0.25, 0.3) is 0 Å². The first-order valence-electron chi connectivity index (χ1n) is 7.74. The first kappa shape index (κ1) is 16.8. The molecule has 0 bridgehead atoms. The molecule has 8 heteroatoms. The number of hydrogen-bond donors (Lipinski definition) is 1. The fourth-order valence-electron chi connectivity index (χ4n) is 2.26. The van der Waals surface area contributed by atoms with Gasteiger partial charge in [-0.25, -0.2) is 4.79 Å². The smallest absolute Gasteiger partial charge is 0.348 e. The highest BCUT2D eigenvalue weighted by Crippen LogP contribution is 2.24. The molecule has 3 aromatic rings. The first-order chi connectivity index (χ1) is 12.2. The SMILES string of the molecule is COCCc1noc(CCN=Cc2c(O)c3ccccc3oc2=O)n1. The lowest BCUT2D eigenvalue weighted by Gasteiger charge is -2.01. The van der Waals surface area contributed by atoms with Gasteiger partial charge < -0.3 is 18.8 Å². The second-order valence-electron chi connectivity index (χ2n) is 5.28. The monoisotopic (exact) mass is 343 g/mol. The van der Waals surface area contributed by atoms with Gasteiger partial charge in [-0.2, -0.15) is 4.98 Å². The number of benzene rings is 1. The van der Waals surface area contributed by atoms with E-state index in [1.165, 1.54) is 6.21 Å². The van der Waals surface area contributed by atoms with Crippen LogP contribution in [0.3, 0.4) is 0 Å². The van der Waals surface area contributed by atoms with Crippen LogP contribution in [0.4, 0.5) is 0 Å². The largest absolute Gasteiger partial charge is 0.506 e. The van der Waals surface area contributed by atoms with Crippen molar-refractivity contribution in [1.82, 2.24) is 10.1 Å². The fraction of sp³-hybridized carbons (Fsp3) is 0.294. The van der Waals surface area contributed by atoms with Gasteiger partial charge in [0, 0.05) is 32.7 Å². The Labute approximate surface area is 142 Å². The highest BCUT2D eigenvalue weighted by Gasteiger charge is 2.11. The van der Waals surface area contributed by atoms with E-state index in [2.05, 4.69) is 15.1 Å². The van der Waals surface area contributed by atoms with E-state index in [0.717, 1.165) is 0 Å². The van der Waals surface area contributed by atoms with Crippen LogP contribution in [0.15, 0.2) is 43.0 Å². The van der Waals surface area contributed by atoms with Crippen molar-refractivity contribution in [2.45, 2.75) is 12.8 Å². The molecule has 0 amide bonds. The maximum atomic E-state index is 12.0. The quantitative estimate of drug-likeness (QED) is 0.513. The van der Waals surface area contributed by atoms with E-state index in [-0.39, 0.29) is 11.3 Å². The average Bonchev–Trinajstić information content (AvgIpc) is 3.07. The molecule has 25 heavy (non-hydrogen) atoms. The van der Waals surface area contributed by atoms with Crippen molar-refractivity contribution < 1.29 is 18.8 Å². The molecule has 1 aromatic carbocycles. The van der Waals surface area contributed by atoms with Gasteiger partial charge >= 0.3 is 5.63 Å². The third kappa shape index (κ3) is 3.92. The molecule has 0 fully saturated rings. The normalized spacial score (nSPS) is 11.6. The lowest BCUT2D eigenvalue weighted by Crippen LogP contribution is -2.07. The maximum Gasteiger partial charge on any atom is 0.348 e. The van der Waals surface area contributed by atoms with Crippen molar-refractivity contribution in [2.24, 2.45) is 4.99 Å². The van der Waals surface area contributed by atoms with Gasteiger partial charge in [-0.3, -0.25) is 4.99 Å². The minimum Gasteiger partial charge on any atom is -0.506 e. The van der Waals surface area contributed by atoms with Crippen LogP contribution in [0.25, 0.3) is 11.0 Å². The van der Waals surface area contributed by atoms with Crippen molar-refractivity contribution in [2.75, 3.05) is 20.3 Å². The fourth-order valence-corrected chi connectivity index (χ4v) is 2.26. The Morgan fingerprint density at radius 3 is 3.00 bits per heavy atom. The number of ether oxygens (including phenoxy) is 1. The molecule has 8 nitrogen and oxygen atoms in total. The molecule has 2 aromatic heterocycles. The van der Waals surface area contributed by atoms with Crippen LogP contribution in [-0.4, -0.2) is 41.7 Å². The Morgan fingerprint density at radius 1 is 1.32 bits per heavy atom. The predicted octanol–water partition coefficient (Wildman–Crippen LogP) is 1.73. The maximum absolute atomic E-state index is 12.0. The molecule has 1 N–H and O–H groups in total. The van der Waals surface area contributed by atoms with E-state index in [1.807, 2.05) is 0 Å². The van der Waals surface area contributed by atoms with Crippen molar-refractivity contribution in [3.63, 3.8) is 0 Å². The summed E-state index contributed by atoms with van der Waals surface area (Å²) in [5.41, 5.74) is -0.291. The molecule has 2 heterocycles. The topological polar surface area (TPSA) is 111 Å². The lowest BCUT2D eigenvalue weighted by atomic mass is 10.1. The number of nitrogens with zero attached hydrogens (tertiary/aromatic N) is 3. The van der Waals surface area contributed by atoms with E-state index >= 15 is 0 Å². The minimum absolute atomic E-state index is 0.0185. The minimum atomic E-state index is -0.639. The standard InChI is InChI=1S/C17H17N3O5/c1-23-9-7-14-19-15(25-20-14)6-8-18-10-12-16(21)11-4-2-3-5-13(11)24-17(12)22/h2-5,10,21H,6-9H2,1H3. The number of rotatable bonds is 7. The summed E-state index contributed by atoms with van der Waals surface area (Å²) in [6.45, 7) is 0.853. The number of aromatic hydroxyl groups is 1. The van der Waals surface area contributed by atoms with E-state index in [9.17, 15) is 9.90 Å². The zero-order chi connectivity index (χ0) is 17.6. The summed E-state index contributed by atoms with van der Waals surface area (Å²) in [6.07, 6.45) is 2.31. The van der Waals surface area contributed by atoms with Crippen molar-refractivity contribution in [1.29, 1.82) is 0 Å². The highest BCUT2D eigenvalue weighted by atomic mass is 16.5. The third-order valence-corrected chi connectivity index (χ3v) is 3.53.